The number of aryl methyl sites for hydroxylation is 1. The van der Waals surface area contributed by atoms with E-state index in [1.807, 2.05) is 26.8 Å². The van der Waals surface area contributed by atoms with Crippen molar-refractivity contribution in [3.8, 4) is 11.5 Å². The molecule has 1 rings (SSSR count). The van der Waals surface area contributed by atoms with Gasteiger partial charge < -0.3 is 14.2 Å². The lowest BCUT2D eigenvalue weighted by Crippen LogP contribution is -2.18. The van der Waals surface area contributed by atoms with Crippen LogP contribution < -0.4 is 14.8 Å². The number of hydrogen-bond donors (Lipinski definition) is 1. The highest BCUT2D eigenvalue weighted by molar-refractivity contribution is 5.85. The van der Waals surface area contributed by atoms with E-state index in [1.165, 1.54) is 0 Å². The quantitative estimate of drug-likeness (QED) is 0.826. The Balaban J connectivity index is 3.05. The summed E-state index contributed by atoms with van der Waals surface area (Å²) in [6, 6.07) is 3.64. The molecule has 1 aromatic rings. The van der Waals surface area contributed by atoms with Crippen molar-refractivity contribution in [2.24, 2.45) is 0 Å². The zero-order chi connectivity index (χ0) is 15.8. The molecular weight excluding hydrogens is 270 g/mol. The van der Waals surface area contributed by atoms with E-state index >= 15 is 0 Å². The second kappa shape index (κ2) is 8.39. The van der Waals surface area contributed by atoms with Crippen LogP contribution in [0.15, 0.2) is 12.1 Å². The van der Waals surface area contributed by atoms with Gasteiger partial charge in [-0.15, -0.1) is 0 Å². The molecule has 0 bridgehead atoms. The summed E-state index contributed by atoms with van der Waals surface area (Å²) >= 11 is 0. The molecular formula is C16H25NO4. The molecule has 0 heterocycles. The summed E-state index contributed by atoms with van der Waals surface area (Å²) in [6.07, 6.45) is 0.146. The second-order valence-corrected chi connectivity index (χ2v) is 4.76. The van der Waals surface area contributed by atoms with Crippen molar-refractivity contribution in [2.75, 3.05) is 18.5 Å². The van der Waals surface area contributed by atoms with E-state index in [1.54, 1.807) is 19.9 Å². The Bertz CT molecular complexity index is 472. The van der Waals surface area contributed by atoms with Crippen LogP contribution in [0.5, 0.6) is 11.5 Å². The number of ether oxygens (including phenoxy) is 3. The molecule has 118 valence electrons. The predicted molar refractivity (Wildman–Crippen MR) is 83.4 cm³/mol. The lowest BCUT2D eigenvalue weighted by atomic mass is 10.1. The van der Waals surface area contributed by atoms with Gasteiger partial charge in [0.05, 0.1) is 19.3 Å². The van der Waals surface area contributed by atoms with Crippen LogP contribution in [0.1, 0.15) is 40.2 Å². The molecule has 0 aromatic heterocycles. The number of anilines is 1. The monoisotopic (exact) mass is 295 g/mol. The van der Waals surface area contributed by atoms with Gasteiger partial charge in [-0.05, 0) is 45.7 Å². The van der Waals surface area contributed by atoms with Crippen molar-refractivity contribution in [3.05, 3.63) is 17.7 Å². The molecule has 0 saturated heterocycles. The van der Waals surface area contributed by atoms with Crippen molar-refractivity contribution in [2.45, 2.75) is 47.1 Å². The smallest absolute Gasteiger partial charge is 0.411 e. The molecule has 0 radical (unpaired) electrons. The zero-order valence-electron chi connectivity index (χ0n) is 13.5. The molecule has 21 heavy (non-hydrogen) atoms. The number of carbonyl (C=O) groups is 1. The maximum absolute atomic E-state index is 11.7. The van der Waals surface area contributed by atoms with Crippen molar-refractivity contribution in [1.82, 2.24) is 0 Å². The first-order valence-corrected chi connectivity index (χ1v) is 7.41. The fourth-order valence-electron chi connectivity index (χ4n) is 1.93. The SMILES string of the molecule is CCOc1cc(NC(=O)OC(C)C)cc(CC)c1OCC. The number of rotatable bonds is 7. The highest BCUT2D eigenvalue weighted by atomic mass is 16.6. The summed E-state index contributed by atoms with van der Waals surface area (Å²) in [6.45, 7) is 10.6. The third kappa shape index (κ3) is 5.17. The summed E-state index contributed by atoms with van der Waals surface area (Å²) in [5.41, 5.74) is 1.63. The van der Waals surface area contributed by atoms with Gasteiger partial charge >= 0.3 is 6.09 Å². The normalized spacial score (nSPS) is 10.4. The molecule has 1 aromatic carbocycles. The van der Waals surface area contributed by atoms with Crippen molar-refractivity contribution < 1.29 is 19.0 Å². The molecule has 5 nitrogen and oxygen atoms in total. The molecule has 0 unspecified atom stereocenters. The molecule has 1 amide bonds. The van der Waals surface area contributed by atoms with Crippen LogP contribution in [0.25, 0.3) is 0 Å². The maximum atomic E-state index is 11.7. The largest absolute Gasteiger partial charge is 0.490 e. The fourth-order valence-corrected chi connectivity index (χ4v) is 1.93. The topological polar surface area (TPSA) is 56.8 Å². The van der Waals surface area contributed by atoms with E-state index in [-0.39, 0.29) is 6.10 Å². The first kappa shape index (κ1) is 17.1. The molecule has 0 fully saturated rings. The number of hydrogen-bond acceptors (Lipinski definition) is 4. The first-order valence-electron chi connectivity index (χ1n) is 7.41. The third-order valence-corrected chi connectivity index (χ3v) is 2.69. The van der Waals surface area contributed by atoms with Crippen LogP contribution in [0, 0.1) is 0 Å². The standard InChI is InChI=1S/C16H25NO4/c1-6-12-9-13(17-16(18)21-11(4)5)10-14(19-7-2)15(12)20-8-3/h9-11H,6-8H2,1-5H3,(H,17,18). The van der Waals surface area contributed by atoms with E-state index in [4.69, 9.17) is 14.2 Å². The highest BCUT2D eigenvalue weighted by Crippen LogP contribution is 2.35. The molecule has 0 spiro atoms. The average molecular weight is 295 g/mol. The number of carbonyl (C=O) groups excluding carboxylic acids is 1. The zero-order valence-corrected chi connectivity index (χ0v) is 13.5. The van der Waals surface area contributed by atoms with Crippen LogP contribution in [0.4, 0.5) is 10.5 Å². The van der Waals surface area contributed by atoms with E-state index in [0.717, 1.165) is 17.7 Å². The van der Waals surface area contributed by atoms with Gasteiger partial charge in [-0.2, -0.15) is 0 Å². The van der Waals surface area contributed by atoms with Gasteiger partial charge in [-0.3, -0.25) is 5.32 Å². The molecule has 0 aliphatic heterocycles. The summed E-state index contributed by atoms with van der Waals surface area (Å²) in [7, 11) is 0. The Labute approximate surface area is 126 Å². The molecule has 0 aliphatic carbocycles. The second-order valence-electron chi connectivity index (χ2n) is 4.76. The van der Waals surface area contributed by atoms with Crippen LogP contribution in [0.3, 0.4) is 0 Å². The van der Waals surface area contributed by atoms with Gasteiger partial charge in [0, 0.05) is 11.8 Å². The van der Waals surface area contributed by atoms with Gasteiger partial charge in [0.1, 0.15) is 0 Å². The minimum absolute atomic E-state index is 0.162. The molecule has 5 heteroatoms. The number of amides is 1. The number of benzene rings is 1. The van der Waals surface area contributed by atoms with E-state index in [0.29, 0.717) is 24.7 Å². The highest BCUT2D eigenvalue weighted by Gasteiger charge is 2.14. The fraction of sp³-hybridized carbons (Fsp3) is 0.562. The molecule has 0 atom stereocenters. The minimum atomic E-state index is -0.473. The lowest BCUT2D eigenvalue weighted by Gasteiger charge is -2.17. The van der Waals surface area contributed by atoms with Crippen LogP contribution in [-0.2, 0) is 11.2 Å². The predicted octanol–water partition coefficient (Wildman–Crippen LogP) is 4.00. The summed E-state index contributed by atoms with van der Waals surface area (Å²) in [5.74, 6) is 1.38. The Morgan fingerprint density at radius 3 is 2.33 bits per heavy atom. The third-order valence-electron chi connectivity index (χ3n) is 2.69. The average Bonchev–Trinajstić information content (AvgIpc) is 2.40. The molecule has 0 aliphatic rings. The van der Waals surface area contributed by atoms with Gasteiger partial charge in [0.15, 0.2) is 11.5 Å². The van der Waals surface area contributed by atoms with E-state index in [9.17, 15) is 4.79 Å². The lowest BCUT2D eigenvalue weighted by molar-refractivity contribution is 0.130. The van der Waals surface area contributed by atoms with Crippen molar-refractivity contribution in [1.29, 1.82) is 0 Å². The van der Waals surface area contributed by atoms with Gasteiger partial charge in [0.25, 0.3) is 0 Å². The first-order chi connectivity index (χ1) is 10.0. The summed E-state index contributed by atoms with van der Waals surface area (Å²) in [5, 5.41) is 2.72. The van der Waals surface area contributed by atoms with E-state index in [2.05, 4.69) is 5.32 Å². The molecule has 0 saturated carbocycles. The van der Waals surface area contributed by atoms with Crippen molar-refractivity contribution >= 4 is 11.8 Å². The Morgan fingerprint density at radius 2 is 1.81 bits per heavy atom. The van der Waals surface area contributed by atoms with Crippen LogP contribution >= 0.6 is 0 Å². The number of nitrogens with one attached hydrogen (secondary N) is 1. The maximum Gasteiger partial charge on any atom is 0.411 e. The van der Waals surface area contributed by atoms with Crippen LogP contribution in [0.2, 0.25) is 0 Å². The van der Waals surface area contributed by atoms with Gasteiger partial charge in [0.2, 0.25) is 0 Å². The van der Waals surface area contributed by atoms with Gasteiger partial charge in [-0.1, -0.05) is 6.92 Å². The summed E-state index contributed by atoms with van der Waals surface area (Å²) < 4.78 is 16.4. The van der Waals surface area contributed by atoms with Gasteiger partial charge in [-0.25, -0.2) is 4.79 Å². The Hall–Kier alpha value is -1.91. The van der Waals surface area contributed by atoms with Crippen molar-refractivity contribution in [3.63, 3.8) is 0 Å². The Kier molecular flexibility index (Phi) is 6.85. The van der Waals surface area contributed by atoms with Crippen LogP contribution in [-0.4, -0.2) is 25.4 Å². The minimum Gasteiger partial charge on any atom is -0.490 e. The molecule has 1 N–H and O–H groups in total. The Morgan fingerprint density at radius 1 is 1.14 bits per heavy atom. The van der Waals surface area contributed by atoms with E-state index < -0.39 is 6.09 Å². The summed E-state index contributed by atoms with van der Waals surface area (Å²) in [4.78, 5) is 11.7.